The number of benzene rings is 1. The van der Waals surface area contributed by atoms with Gasteiger partial charge in [0.15, 0.2) is 0 Å². The molecule has 0 aliphatic rings. The zero-order chi connectivity index (χ0) is 13.0. The number of thioether (sulfide) groups is 1. The van der Waals surface area contributed by atoms with Gasteiger partial charge in [-0.25, -0.2) is 0 Å². The van der Waals surface area contributed by atoms with Gasteiger partial charge in [0.05, 0.1) is 17.4 Å². The molecule has 0 bridgehead atoms. The Bertz CT molecular complexity index is 511. The van der Waals surface area contributed by atoms with Gasteiger partial charge in [-0.15, -0.1) is 11.8 Å². The predicted octanol–water partition coefficient (Wildman–Crippen LogP) is 3.68. The number of aryl methyl sites for hydroxylation is 1. The van der Waals surface area contributed by atoms with Crippen LogP contribution in [0, 0.1) is 6.92 Å². The molecule has 3 nitrogen and oxygen atoms in total. The third-order valence-corrected chi connectivity index (χ3v) is 3.55. The van der Waals surface area contributed by atoms with Crippen molar-refractivity contribution in [3.05, 3.63) is 48.0 Å². The van der Waals surface area contributed by atoms with Crippen LogP contribution in [-0.4, -0.2) is 16.2 Å². The molecule has 1 unspecified atom stereocenters. The van der Waals surface area contributed by atoms with Crippen molar-refractivity contribution < 1.29 is 0 Å². The van der Waals surface area contributed by atoms with Crippen LogP contribution in [0.15, 0.2) is 41.6 Å². The molecule has 1 aromatic heterocycles. The fourth-order valence-electron chi connectivity index (χ4n) is 1.85. The number of rotatable bonds is 4. The minimum Gasteiger partial charge on any atom is -0.377 e. The monoisotopic (exact) mass is 259 g/mol. The van der Waals surface area contributed by atoms with Gasteiger partial charge in [-0.2, -0.15) is 0 Å². The molecule has 0 aliphatic carbocycles. The number of anilines is 1. The van der Waals surface area contributed by atoms with Crippen molar-refractivity contribution in [2.75, 3.05) is 11.6 Å². The summed E-state index contributed by atoms with van der Waals surface area (Å²) in [7, 11) is 0. The first kappa shape index (κ1) is 12.9. The van der Waals surface area contributed by atoms with Crippen molar-refractivity contribution in [1.82, 2.24) is 9.97 Å². The van der Waals surface area contributed by atoms with E-state index in [1.807, 2.05) is 6.92 Å². The molecule has 1 atom stereocenters. The molecule has 0 amide bonds. The van der Waals surface area contributed by atoms with Crippen LogP contribution < -0.4 is 5.32 Å². The fourth-order valence-corrected chi connectivity index (χ4v) is 2.26. The Labute approximate surface area is 112 Å². The first-order valence-corrected chi connectivity index (χ1v) is 7.11. The van der Waals surface area contributed by atoms with Crippen LogP contribution in [0.25, 0.3) is 0 Å². The standard InChI is InChI=1S/C14H17N3S/c1-10-14(16-9-8-15-10)11(2)17-12-4-6-13(18-3)7-5-12/h4-9,11,17H,1-3H3. The first-order valence-electron chi connectivity index (χ1n) is 5.89. The zero-order valence-corrected chi connectivity index (χ0v) is 11.7. The molecule has 1 N–H and O–H groups in total. The van der Waals surface area contributed by atoms with E-state index in [2.05, 4.69) is 52.7 Å². The topological polar surface area (TPSA) is 37.8 Å². The number of nitrogens with one attached hydrogen (secondary N) is 1. The summed E-state index contributed by atoms with van der Waals surface area (Å²) >= 11 is 1.75. The Morgan fingerprint density at radius 2 is 1.78 bits per heavy atom. The third kappa shape index (κ3) is 3.01. The molecule has 1 heterocycles. The minimum atomic E-state index is 0.152. The van der Waals surface area contributed by atoms with Gasteiger partial charge in [0, 0.05) is 23.0 Å². The van der Waals surface area contributed by atoms with Crippen molar-refractivity contribution in [2.24, 2.45) is 0 Å². The van der Waals surface area contributed by atoms with Crippen molar-refractivity contribution in [2.45, 2.75) is 24.8 Å². The van der Waals surface area contributed by atoms with Crippen molar-refractivity contribution in [3.8, 4) is 0 Å². The number of hydrogen-bond donors (Lipinski definition) is 1. The van der Waals surface area contributed by atoms with E-state index < -0.39 is 0 Å². The minimum absolute atomic E-state index is 0.152. The van der Waals surface area contributed by atoms with Crippen LogP contribution in [0.5, 0.6) is 0 Å². The van der Waals surface area contributed by atoms with Gasteiger partial charge in [0.25, 0.3) is 0 Å². The molecule has 1 aromatic carbocycles. The van der Waals surface area contributed by atoms with Gasteiger partial charge < -0.3 is 5.32 Å². The Morgan fingerprint density at radius 1 is 1.11 bits per heavy atom. The van der Waals surface area contributed by atoms with Gasteiger partial charge in [-0.3, -0.25) is 9.97 Å². The van der Waals surface area contributed by atoms with Crippen LogP contribution in [0.3, 0.4) is 0 Å². The van der Waals surface area contributed by atoms with E-state index in [0.717, 1.165) is 17.1 Å². The van der Waals surface area contributed by atoms with E-state index in [1.165, 1.54) is 4.90 Å². The summed E-state index contributed by atoms with van der Waals surface area (Å²) in [6, 6.07) is 8.56. The summed E-state index contributed by atoms with van der Waals surface area (Å²) in [6.45, 7) is 4.08. The van der Waals surface area contributed by atoms with Crippen LogP contribution in [0.2, 0.25) is 0 Å². The molecule has 0 fully saturated rings. The maximum Gasteiger partial charge on any atom is 0.0835 e. The van der Waals surface area contributed by atoms with E-state index in [4.69, 9.17) is 0 Å². The Balaban J connectivity index is 2.11. The fraction of sp³-hybridized carbons (Fsp3) is 0.286. The van der Waals surface area contributed by atoms with Crippen molar-refractivity contribution >= 4 is 17.4 Å². The summed E-state index contributed by atoms with van der Waals surface area (Å²) < 4.78 is 0. The normalized spacial score (nSPS) is 12.2. The summed E-state index contributed by atoms with van der Waals surface area (Å²) in [5, 5.41) is 3.44. The van der Waals surface area contributed by atoms with E-state index in [1.54, 1.807) is 24.2 Å². The highest BCUT2D eigenvalue weighted by molar-refractivity contribution is 7.98. The lowest BCUT2D eigenvalue weighted by atomic mass is 10.2. The lowest BCUT2D eigenvalue weighted by Crippen LogP contribution is -2.10. The maximum atomic E-state index is 4.38. The predicted molar refractivity (Wildman–Crippen MR) is 77.0 cm³/mol. The molecule has 0 radical (unpaired) electrons. The SMILES string of the molecule is CSc1ccc(NC(C)c2nccnc2C)cc1. The second-order valence-corrected chi connectivity index (χ2v) is 5.00. The summed E-state index contributed by atoms with van der Waals surface area (Å²) in [4.78, 5) is 9.91. The van der Waals surface area contributed by atoms with Crippen LogP contribution in [0.4, 0.5) is 5.69 Å². The summed E-state index contributed by atoms with van der Waals surface area (Å²) in [6.07, 6.45) is 5.53. The third-order valence-electron chi connectivity index (χ3n) is 2.80. The summed E-state index contributed by atoms with van der Waals surface area (Å²) in [5.74, 6) is 0. The van der Waals surface area contributed by atoms with Crippen molar-refractivity contribution in [3.63, 3.8) is 0 Å². The van der Waals surface area contributed by atoms with E-state index >= 15 is 0 Å². The van der Waals surface area contributed by atoms with Gasteiger partial charge in [0.1, 0.15) is 0 Å². The molecule has 0 spiro atoms. The molecule has 18 heavy (non-hydrogen) atoms. The molecular weight excluding hydrogens is 242 g/mol. The van der Waals surface area contributed by atoms with Gasteiger partial charge >= 0.3 is 0 Å². The average molecular weight is 259 g/mol. The van der Waals surface area contributed by atoms with Crippen LogP contribution in [-0.2, 0) is 0 Å². The van der Waals surface area contributed by atoms with Gasteiger partial charge in [-0.1, -0.05) is 0 Å². The van der Waals surface area contributed by atoms with Crippen LogP contribution >= 0.6 is 11.8 Å². The molecule has 0 aliphatic heterocycles. The summed E-state index contributed by atoms with van der Waals surface area (Å²) in [5.41, 5.74) is 3.06. The Morgan fingerprint density at radius 3 is 2.39 bits per heavy atom. The molecule has 2 aromatic rings. The molecular formula is C14H17N3S. The van der Waals surface area contributed by atoms with E-state index in [9.17, 15) is 0 Å². The quantitative estimate of drug-likeness (QED) is 0.850. The average Bonchev–Trinajstić information content (AvgIpc) is 2.40. The second-order valence-electron chi connectivity index (χ2n) is 4.12. The smallest absolute Gasteiger partial charge is 0.0835 e. The van der Waals surface area contributed by atoms with Crippen LogP contribution in [0.1, 0.15) is 24.4 Å². The van der Waals surface area contributed by atoms with E-state index in [0.29, 0.717) is 0 Å². The highest BCUT2D eigenvalue weighted by Gasteiger charge is 2.09. The highest BCUT2D eigenvalue weighted by Crippen LogP contribution is 2.22. The van der Waals surface area contributed by atoms with Crippen molar-refractivity contribution in [1.29, 1.82) is 0 Å². The number of hydrogen-bond acceptors (Lipinski definition) is 4. The lowest BCUT2D eigenvalue weighted by Gasteiger charge is -2.16. The highest BCUT2D eigenvalue weighted by atomic mass is 32.2. The Hall–Kier alpha value is -1.55. The lowest BCUT2D eigenvalue weighted by molar-refractivity contribution is 0.810. The maximum absolute atomic E-state index is 4.38. The molecule has 2 rings (SSSR count). The molecule has 4 heteroatoms. The first-order chi connectivity index (χ1) is 8.70. The second kappa shape index (κ2) is 5.87. The van der Waals surface area contributed by atoms with Gasteiger partial charge in [-0.05, 0) is 44.4 Å². The Kier molecular flexibility index (Phi) is 4.20. The zero-order valence-electron chi connectivity index (χ0n) is 10.8. The van der Waals surface area contributed by atoms with Gasteiger partial charge in [0.2, 0.25) is 0 Å². The molecule has 94 valence electrons. The largest absolute Gasteiger partial charge is 0.377 e. The molecule has 0 saturated carbocycles. The van der Waals surface area contributed by atoms with E-state index in [-0.39, 0.29) is 6.04 Å². The number of nitrogens with zero attached hydrogens (tertiary/aromatic N) is 2. The number of aromatic nitrogens is 2. The molecule has 0 saturated heterocycles.